The molecule has 4 aromatic heterocycles. The van der Waals surface area contributed by atoms with Crippen molar-refractivity contribution in [1.82, 2.24) is 30.1 Å². The van der Waals surface area contributed by atoms with E-state index in [0.717, 1.165) is 17.5 Å². The molecule has 3 N–H and O–H groups in total. The second-order valence-electron chi connectivity index (χ2n) is 10.6. The van der Waals surface area contributed by atoms with Gasteiger partial charge in [0.1, 0.15) is 26.9 Å². The smallest absolute Gasteiger partial charge is 0.178 e. The number of aromatic amines is 2. The molecule has 4 heterocycles. The maximum atomic E-state index is 15.2. The minimum Gasteiger partial charge on any atom is -0.382 e. The van der Waals surface area contributed by atoms with Crippen LogP contribution >= 0.6 is 0 Å². The predicted molar refractivity (Wildman–Crippen MR) is 160 cm³/mol. The van der Waals surface area contributed by atoms with Gasteiger partial charge in [0.2, 0.25) is 0 Å². The minimum absolute atomic E-state index is 0.0874. The molecular formula is C30H27F2N7O2S. The lowest BCUT2D eigenvalue weighted by molar-refractivity contribution is 0.600. The monoisotopic (exact) mass is 587 g/mol. The van der Waals surface area contributed by atoms with Gasteiger partial charge in [0.15, 0.2) is 17.3 Å². The van der Waals surface area contributed by atoms with Crippen LogP contribution in [0.15, 0.2) is 61.1 Å². The number of aromatic nitrogens is 6. The molecule has 2 aromatic carbocycles. The molecule has 6 aromatic rings. The first-order chi connectivity index (χ1) is 20.0. The van der Waals surface area contributed by atoms with Gasteiger partial charge in [-0.25, -0.2) is 27.2 Å². The standard InChI is InChI=1S/C30H27F2N7O2S/c1-16(2)35-22-11-20(14-33-15-22)18-12-24-26(25(32)13-18)38-39-28(24)30-36-27-23(4-6-34-29(27)37-30)19-8-17(9-21(31)10-19)5-7-42(3,40)41/h4,6,8-16,35H,5,7H2,1-3H3,(H,38,39)(H,34,36,37). The molecule has 12 heteroatoms. The third kappa shape index (κ3) is 5.57. The van der Waals surface area contributed by atoms with Crippen molar-refractivity contribution in [2.45, 2.75) is 26.3 Å². The van der Waals surface area contributed by atoms with E-state index in [0.29, 0.717) is 50.3 Å². The third-order valence-corrected chi connectivity index (χ3v) is 7.74. The van der Waals surface area contributed by atoms with Crippen molar-refractivity contribution in [3.63, 3.8) is 0 Å². The Morgan fingerprint density at radius 3 is 2.62 bits per heavy atom. The Labute approximate surface area is 240 Å². The van der Waals surface area contributed by atoms with Crippen LogP contribution in [0.25, 0.3) is 55.8 Å². The Morgan fingerprint density at radius 2 is 1.83 bits per heavy atom. The van der Waals surface area contributed by atoms with Crippen molar-refractivity contribution in [3.8, 4) is 33.8 Å². The highest BCUT2D eigenvalue weighted by atomic mass is 32.2. The highest BCUT2D eigenvalue weighted by Gasteiger charge is 2.19. The average molecular weight is 588 g/mol. The quantitative estimate of drug-likeness (QED) is 0.202. The molecular weight excluding hydrogens is 560 g/mol. The van der Waals surface area contributed by atoms with E-state index >= 15 is 4.39 Å². The first-order valence-corrected chi connectivity index (χ1v) is 15.3. The minimum atomic E-state index is -3.21. The first kappa shape index (κ1) is 27.5. The van der Waals surface area contributed by atoms with E-state index in [1.165, 1.54) is 18.2 Å². The molecule has 0 radical (unpaired) electrons. The van der Waals surface area contributed by atoms with Crippen LogP contribution in [-0.2, 0) is 16.3 Å². The average Bonchev–Trinajstić information content (AvgIpc) is 3.55. The molecule has 0 saturated heterocycles. The van der Waals surface area contributed by atoms with Crippen molar-refractivity contribution in [2.75, 3.05) is 17.3 Å². The summed E-state index contributed by atoms with van der Waals surface area (Å²) in [5.41, 5.74) is 5.47. The number of fused-ring (bicyclic) bond motifs is 2. The number of aryl methyl sites for hydroxylation is 1. The Hall–Kier alpha value is -4.71. The summed E-state index contributed by atoms with van der Waals surface area (Å²) in [6.07, 6.45) is 6.29. The van der Waals surface area contributed by atoms with Gasteiger partial charge >= 0.3 is 0 Å². The molecule has 0 amide bonds. The second-order valence-corrected chi connectivity index (χ2v) is 12.8. The molecule has 0 fully saturated rings. The van der Waals surface area contributed by atoms with Gasteiger partial charge in [0.25, 0.3) is 0 Å². The van der Waals surface area contributed by atoms with Gasteiger partial charge in [-0.15, -0.1) is 0 Å². The number of nitrogens with one attached hydrogen (secondary N) is 3. The fraction of sp³-hybridized carbons (Fsp3) is 0.200. The number of hydrogen-bond acceptors (Lipinski definition) is 7. The molecule has 0 aliphatic heterocycles. The Morgan fingerprint density at radius 1 is 1.00 bits per heavy atom. The zero-order valence-corrected chi connectivity index (χ0v) is 23.9. The van der Waals surface area contributed by atoms with Gasteiger partial charge < -0.3 is 10.3 Å². The van der Waals surface area contributed by atoms with Gasteiger partial charge in [-0.3, -0.25) is 10.1 Å². The SMILES string of the molecule is CC(C)Nc1cncc(-c2cc(F)c3n[nH]c(-c4nc5nccc(-c6cc(F)cc(CCS(C)(=O)=O)c6)c5[nH]4)c3c2)c1. The highest BCUT2D eigenvalue weighted by molar-refractivity contribution is 7.90. The lowest BCUT2D eigenvalue weighted by atomic mass is 10.0. The van der Waals surface area contributed by atoms with Crippen molar-refractivity contribution >= 4 is 37.6 Å². The van der Waals surface area contributed by atoms with Crippen molar-refractivity contribution < 1.29 is 17.2 Å². The van der Waals surface area contributed by atoms with Crippen LogP contribution in [0.3, 0.4) is 0 Å². The number of H-pyrrole nitrogens is 2. The Kier molecular flexibility index (Phi) is 6.93. The van der Waals surface area contributed by atoms with E-state index in [2.05, 4.69) is 35.5 Å². The van der Waals surface area contributed by atoms with E-state index in [1.54, 1.807) is 30.7 Å². The maximum absolute atomic E-state index is 15.2. The van der Waals surface area contributed by atoms with Crippen LogP contribution in [0.4, 0.5) is 14.5 Å². The molecule has 0 aliphatic rings. The van der Waals surface area contributed by atoms with Gasteiger partial charge in [0.05, 0.1) is 17.0 Å². The molecule has 42 heavy (non-hydrogen) atoms. The van der Waals surface area contributed by atoms with Crippen LogP contribution < -0.4 is 5.32 Å². The zero-order valence-electron chi connectivity index (χ0n) is 23.0. The number of benzene rings is 2. The molecule has 0 unspecified atom stereocenters. The predicted octanol–water partition coefficient (Wildman–Crippen LogP) is 5.92. The third-order valence-electron chi connectivity index (χ3n) is 6.80. The molecule has 0 atom stereocenters. The van der Waals surface area contributed by atoms with Gasteiger partial charge in [-0.05, 0) is 73.4 Å². The van der Waals surface area contributed by atoms with Crippen molar-refractivity contribution in [3.05, 3.63) is 78.3 Å². The van der Waals surface area contributed by atoms with Crippen LogP contribution in [-0.4, -0.2) is 56.6 Å². The number of anilines is 1. The summed E-state index contributed by atoms with van der Waals surface area (Å²) in [7, 11) is -3.21. The molecule has 0 spiro atoms. The van der Waals surface area contributed by atoms with Gasteiger partial charge in [-0.2, -0.15) is 5.10 Å². The topological polar surface area (TPSA) is 129 Å². The van der Waals surface area contributed by atoms with E-state index in [4.69, 9.17) is 0 Å². The van der Waals surface area contributed by atoms with Gasteiger partial charge in [0, 0.05) is 47.4 Å². The number of nitrogens with zero attached hydrogens (tertiary/aromatic N) is 4. The lowest BCUT2D eigenvalue weighted by Crippen LogP contribution is -2.09. The van der Waals surface area contributed by atoms with Gasteiger partial charge in [-0.1, -0.05) is 6.07 Å². The van der Waals surface area contributed by atoms with Crippen molar-refractivity contribution in [1.29, 1.82) is 0 Å². The normalized spacial score (nSPS) is 12.0. The van der Waals surface area contributed by atoms with Crippen molar-refractivity contribution in [2.24, 2.45) is 0 Å². The number of pyridine rings is 2. The number of rotatable bonds is 8. The zero-order chi connectivity index (χ0) is 29.6. The maximum Gasteiger partial charge on any atom is 0.178 e. The largest absolute Gasteiger partial charge is 0.382 e. The summed E-state index contributed by atoms with van der Waals surface area (Å²) in [6, 6.07) is 11.6. The molecule has 9 nitrogen and oxygen atoms in total. The number of hydrogen-bond donors (Lipinski definition) is 3. The Balaban J connectivity index is 1.43. The van der Waals surface area contributed by atoms with Crippen LogP contribution in [0.5, 0.6) is 0 Å². The molecule has 0 bridgehead atoms. The molecule has 0 saturated carbocycles. The Bertz CT molecular complexity index is 2070. The molecule has 214 valence electrons. The summed E-state index contributed by atoms with van der Waals surface area (Å²) in [5.74, 6) is -0.685. The number of halogens is 2. The summed E-state index contributed by atoms with van der Waals surface area (Å²) in [4.78, 5) is 16.6. The molecule has 0 aliphatic carbocycles. The first-order valence-electron chi connectivity index (χ1n) is 13.3. The second kappa shape index (κ2) is 10.6. The summed E-state index contributed by atoms with van der Waals surface area (Å²) < 4.78 is 53.1. The number of sulfone groups is 1. The number of imidazole rings is 1. The van der Waals surface area contributed by atoms with E-state index in [-0.39, 0.29) is 23.7 Å². The van der Waals surface area contributed by atoms with E-state index in [9.17, 15) is 12.8 Å². The molecule has 6 rings (SSSR count). The van der Waals surface area contributed by atoms with Crippen LogP contribution in [0, 0.1) is 11.6 Å². The van der Waals surface area contributed by atoms with Crippen LogP contribution in [0.2, 0.25) is 0 Å². The van der Waals surface area contributed by atoms with E-state index < -0.39 is 21.5 Å². The summed E-state index contributed by atoms with van der Waals surface area (Å²) in [6.45, 7) is 4.05. The highest BCUT2D eigenvalue weighted by Crippen LogP contribution is 2.34. The lowest BCUT2D eigenvalue weighted by Gasteiger charge is -2.11. The fourth-order valence-electron chi connectivity index (χ4n) is 4.96. The van der Waals surface area contributed by atoms with Crippen LogP contribution in [0.1, 0.15) is 19.4 Å². The fourth-order valence-corrected chi connectivity index (χ4v) is 5.56. The van der Waals surface area contributed by atoms with E-state index in [1.807, 2.05) is 26.0 Å². The summed E-state index contributed by atoms with van der Waals surface area (Å²) in [5, 5.41) is 10.9. The summed E-state index contributed by atoms with van der Waals surface area (Å²) >= 11 is 0.